The van der Waals surface area contributed by atoms with Crippen LogP contribution in [0.4, 0.5) is 0 Å². The SMILES string of the molecule is Cc1c(C(=O)NCCCC(N)=O)cnn1-c1ccc(Cl)cc1. The summed E-state index contributed by atoms with van der Waals surface area (Å²) in [5.74, 6) is -0.594. The molecule has 6 nitrogen and oxygen atoms in total. The first-order valence-corrected chi connectivity index (χ1v) is 7.24. The molecule has 116 valence electrons. The quantitative estimate of drug-likeness (QED) is 0.796. The Balaban J connectivity index is 2.05. The number of carbonyl (C=O) groups excluding carboxylic acids is 2. The van der Waals surface area contributed by atoms with Gasteiger partial charge in [0.05, 0.1) is 23.1 Å². The number of carbonyl (C=O) groups is 2. The summed E-state index contributed by atoms with van der Waals surface area (Å²) in [6, 6.07) is 7.19. The van der Waals surface area contributed by atoms with Crippen molar-refractivity contribution < 1.29 is 9.59 Å². The molecular weight excluding hydrogens is 304 g/mol. The molecule has 1 heterocycles. The van der Waals surface area contributed by atoms with Gasteiger partial charge in [-0.1, -0.05) is 11.6 Å². The van der Waals surface area contributed by atoms with Gasteiger partial charge in [-0.15, -0.1) is 0 Å². The Kier molecular flexibility index (Phi) is 5.16. The fraction of sp³-hybridized carbons (Fsp3) is 0.267. The van der Waals surface area contributed by atoms with E-state index in [4.69, 9.17) is 17.3 Å². The molecular formula is C15H17ClN4O2. The zero-order chi connectivity index (χ0) is 16.1. The van der Waals surface area contributed by atoms with E-state index in [0.29, 0.717) is 23.6 Å². The monoisotopic (exact) mass is 320 g/mol. The lowest BCUT2D eigenvalue weighted by atomic mass is 10.2. The normalized spacial score (nSPS) is 10.5. The van der Waals surface area contributed by atoms with Crippen LogP contribution in [0.5, 0.6) is 0 Å². The zero-order valence-corrected chi connectivity index (χ0v) is 12.9. The summed E-state index contributed by atoms with van der Waals surface area (Å²) < 4.78 is 1.68. The number of rotatable bonds is 6. The van der Waals surface area contributed by atoms with E-state index in [9.17, 15) is 9.59 Å². The van der Waals surface area contributed by atoms with Gasteiger partial charge in [0.25, 0.3) is 5.91 Å². The number of hydrogen-bond acceptors (Lipinski definition) is 3. The van der Waals surface area contributed by atoms with Gasteiger partial charge in [0.15, 0.2) is 0 Å². The minimum atomic E-state index is -0.374. The molecule has 0 aliphatic rings. The van der Waals surface area contributed by atoms with E-state index in [-0.39, 0.29) is 18.2 Å². The number of nitrogens with two attached hydrogens (primary N) is 1. The second-order valence-electron chi connectivity index (χ2n) is 4.86. The van der Waals surface area contributed by atoms with Crippen LogP contribution in [0, 0.1) is 6.92 Å². The predicted octanol–water partition coefficient (Wildman–Crippen LogP) is 1.83. The van der Waals surface area contributed by atoms with E-state index in [1.165, 1.54) is 6.20 Å². The Bertz CT molecular complexity index is 679. The molecule has 0 bridgehead atoms. The first-order chi connectivity index (χ1) is 10.5. The molecule has 0 aliphatic heterocycles. The van der Waals surface area contributed by atoms with Gasteiger partial charge < -0.3 is 11.1 Å². The van der Waals surface area contributed by atoms with Crippen molar-refractivity contribution in [3.63, 3.8) is 0 Å². The molecule has 0 fully saturated rings. The number of primary amides is 1. The number of amides is 2. The fourth-order valence-corrected chi connectivity index (χ4v) is 2.16. The third-order valence-electron chi connectivity index (χ3n) is 3.21. The Labute approximate surface area is 133 Å². The summed E-state index contributed by atoms with van der Waals surface area (Å²) in [5, 5.41) is 7.62. The Morgan fingerprint density at radius 1 is 1.32 bits per heavy atom. The van der Waals surface area contributed by atoms with Crippen LogP contribution in [-0.2, 0) is 4.79 Å². The van der Waals surface area contributed by atoms with Crippen molar-refractivity contribution in [1.82, 2.24) is 15.1 Å². The van der Waals surface area contributed by atoms with E-state index in [0.717, 1.165) is 11.4 Å². The van der Waals surface area contributed by atoms with Gasteiger partial charge in [0.1, 0.15) is 0 Å². The standard InChI is InChI=1S/C15H17ClN4O2/c1-10-13(15(22)18-8-2-3-14(17)21)9-19-20(10)12-6-4-11(16)5-7-12/h4-7,9H,2-3,8H2,1H3,(H2,17,21)(H,18,22). The van der Waals surface area contributed by atoms with E-state index < -0.39 is 0 Å². The average Bonchev–Trinajstić information content (AvgIpc) is 2.86. The highest BCUT2D eigenvalue weighted by Gasteiger charge is 2.14. The Hall–Kier alpha value is -2.34. The van der Waals surface area contributed by atoms with Crippen LogP contribution < -0.4 is 11.1 Å². The zero-order valence-electron chi connectivity index (χ0n) is 12.2. The minimum Gasteiger partial charge on any atom is -0.370 e. The molecule has 0 aliphatic carbocycles. The molecule has 0 radical (unpaired) electrons. The molecule has 0 saturated carbocycles. The van der Waals surface area contributed by atoms with Crippen LogP contribution >= 0.6 is 11.6 Å². The number of aromatic nitrogens is 2. The number of halogens is 1. The maximum Gasteiger partial charge on any atom is 0.254 e. The smallest absolute Gasteiger partial charge is 0.254 e. The molecule has 0 saturated heterocycles. The second-order valence-corrected chi connectivity index (χ2v) is 5.29. The highest BCUT2D eigenvalue weighted by atomic mass is 35.5. The highest BCUT2D eigenvalue weighted by Crippen LogP contribution is 2.16. The van der Waals surface area contributed by atoms with Crippen LogP contribution in [0.2, 0.25) is 5.02 Å². The fourth-order valence-electron chi connectivity index (χ4n) is 2.03. The van der Waals surface area contributed by atoms with Crippen LogP contribution in [-0.4, -0.2) is 28.1 Å². The van der Waals surface area contributed by atoms with E-state index in [1.54, 1.807) is 16.8 Å². The van der Waals surface area contributed by atoms with Crippen molar-refractivity contribution in [2.24, 2.45) is 5.73 Å². The number of benzene rings is 1. The van der Waals surface area contributed by atoms with Gasteiger partial charge in [-0.25, -0.2) is 4.68 Å². The van der Waals surface area contributed by atoms with Gasteiger partial charge >= 0.3 is 0 Å². The lowest BCUT2D eigenvalue weighted by Gasteiger charge is -2.06. The summed E-state index contributed by atoms with van der Waals surface area (Å²) in [7, 11) is 0. The summed E-state index contributed by atoms with van der Waals surface area (Å²) in [6.07, 6.45) is 2.29. The molecule has 3 N–H and O–H groups in total. The van der Waals surface area contributed by atoms with Crippen molar-refractivity contribution in [3.8, 4) is 5.69 Å². The maximum absolute atomic E-state index is 12.1. The highest BCUT2D eigenvalue weighted by molar-refractivity contribution is 6.30. The molecule has 0 atom stereocenters. The number of nitrogens with zero attached hydrogens (tertiary/aromatic N) is 2. The van der Waals surface area contributed by atoms with Crippen molar-refractivity contribution in [3.05, 3.63) is 46.7 Å². The molecule has 7 heteroatoms. The predicted molar refractivity (Wildman–Crippen MR) is 84.1 cm³/mol. The molecule has 2 rings (SSSR count). The topological polar surface area (TPSA) is 90.0 Å². The molecule has 1 aromatic heterocycles. The maximum atomic E-state index is 12.1. The second kappa shape index (κ2) is 7.09. The van der Waals surface area contributed by atoms with Crippen molar-refractivity contribution in [1.29, 1.82) is 0 Å². The molecule has 2 aromatic rings. The van der Waals surface area contributed by atoms with Gasteiger partial charge in [-0.3, -0.25) is 9.59 Å². The lowest BCUT2D eigenvalue weighted by Crippen LogP contribution is -2.26. The van der Waals surface area contributed by atoms with E-state index >= 15 is 0 Å². The molecule has 0 unspecified atom stereocenters. The first kappa shape index (κ1) is 16.0. The minimum absolute atomic E-state index is 0.220. The lowest BCUT2D eigenvalue weighted by molar-refractivity contribution is -0.118. The van der Waals surface area contributed by atoms with Crippen molar-refractivity contribution >= 4 is 23.4 Å². The largest absolute Gasteiger partial charge is 0.370 e. The van der Waals surface area contributed by atoms with Gasteiger partial charge in [0.2, 0.25) is 5.91 Å². The Morgan fingerprint density at radius 3 is 2.64 bits per heavy atom. The molecule has 22 heavy (non-hydrogen) atoms. The van der Waals surface area contributed by atoms with E-state index in [1.807, 2.05) is 19.1 Å². The van der Waals surface area contributed by atoms with Crippen LogP contribution in [0.1, 0.15) is 28.9 Å². The number of hydrogen-bond donors (Lipinski definition) is 2. The molecule has 1 aromatic carbocycles. The Morgan fingerprint density at radius 2 is 2.00 bits per heavy atom. The van der Waals surface area contributed by atoms with Gasteiger partial charge in [0, 0.05) is 18.0 Å². The van der Waals surface area contributed by atoms with Crippen LogP contribution in [0.3, 0.4) is 0 Å². The first-order valence-electron chi connectivity index (χ1n) is 6.86. The molecule has 2 amide bonds. The van der Waals surface area contributed by atoms with Crippen LogP contribution in [0.15, 0.2) is 30.5 Å². The van der Waals surface area contributed by atoms with Crippen molar-refractivity contribution in [2.75, 3.05) is 6.54 Å². The third kappa shape index (κ3) is 3.85. The van der Waals surface area contributed by atoms with Gasteiger partial charge in [-0.2, -0.15) is 5.10 Å². The van der Waals surface area contributed by atoms with Gasteiger partial charge in [-0.05, 0) is 37.6 Å². The molecule has 0 spiro atoms. The average molecular weight is 321 g/mol. The summed E-state index contributed by atoms with van der Waals surface area (Å²) >= 11 is 5.86. The third-order valence-corrected chi connectivity index (χ3v) is 3.46. The van der Waals surface area contributed by atoms with Crippen molar-refractivity contribution in [2.45, 2.75) is 19.8 Å². The van der Waals surface area contributed by atoms with E-state index in [2.05, 4.69) is 10.4 Å². The summed E-state index contributed by atoms with van der Waals surface area (Å²) in [6.45, 7) is 2.22. The number of nitrogens with one attached hydrogen (secondary N) is 1. The summed E-state index contributed by atoms with van der Waals surface area (Å²) in [5.41, 5.74) is 7.10. The van der Waals surface area contributed by atoms with Crippen LogP contribution in [0.25, 0.3) is 5.69 Å². The summed E-state index contributed by atoms with van der Waals surface area (Å²) in [4.78, 5) is 22.7.